The molecule has 2 aromatic carbocycles. The van der Waals surface area contributed by atoms with Crippen LogP contribution in [0.4, 0.5) is 5.69 Å². The molecule has 5 rings (SSSR count). The highest BCUT2D eigenvalue weighted by Crippen LogP contribution is 2.47. The third-order valence-electron chi connectivity index (χ3n) is 5.95. The summed E-state index contributed by atoms with van der Waals surface area (Å²) in [6, 6.07) is 6.25. The van der Waals surface area contributed by atoms with Gasteiger partial charge in [-0.1, -0.05) is 17.7 Å². The molecule has 2 aliphatic heterocycles. The second kappa shape index (κ2) is 7.41. The summed E-state index contributed by atoms with van der Waals surface area (Å²) in [5.41, 5.74) is 5.44. The van der Waals surface area contributed by atoms with Crippen molar-refractivity contribution in [3.8, 4) is 16.9 Å². The lowest BCUT2D eigenvalue weighted by Crippen LogP contribution is -2.55. The largest absolute Gasteiger partial charge is 0.489 e. The van der Waals surface area contributed by atoms with Gasteiger partial charge in [0.15, 0.2) is 5.75 Å². The molecule has 0 spiro atoms. The number of amidine groups is 1. The maximum absolute atomic E-state index is 7.01. The van der Waals surface area contributed by atoms with Gasteiger partial charge in [0.05, 0.1) is 34.0 Å². The molecule has 30 heavy (non-hydrogen) atoms. The van der Waals surface area contributed by atoms with Gasteiger partial charge >= 0.3 is 0 Å². The van der Waals surface area contributed by atoms with Crippen LogP contribution < -0.4 is 10.1 Å². The normalized spacial score (nSPS) is 19.9. The van der Waals surface area contributed by atoms with Gasteiger partial charge in [0.25, 0.3) is 0 Å². The first-order valence-electron chi connectivity index (χ1n) is 9.97. The number of benzene rings is 2. The van der Waals surface area contributed by atoms with Gasteiger partial charge in [-0.2, -0.15) is 5.10 Å². The molecule has 0 unspecified atom stereocenters. The van der Waals surface area contributed by atoms with E-state index in [-0.39, 0.29) is 6.04 Å². The number of nitrogens with zero attached hydrogens (tertiary/aromatic N) is 4. The van der Waals surface area contributed by atoms with Crippen LogP contribution in [-0.2, 0) is 0 Å². The molecule has 0 radical (unpaired) electrons. The van der Waals surface area contributed by atoms with E-state index in [0.29, 0.717) is 23.1 Å². The molecule has 1 saturated heterocycles. The number of rotatable bonds is 2. The minimum atomic E-state index is 0.182. The Labute approximate surface area is 179 Å². The molecular formula is C22H23ClN6O. The smallest absolute Gasteiger partial charge is 0.151 e. The van der Waals surface area contributed by atoms with E-state index in [1.54, 1.807) is 7.05 Å². The first-order valence-corrected chi connectivity index (χ1v) is 10.4. The Morgan fingerprint density at radius 1 is 1.33 bits per heavy atom. The van der Waals surface area contributed by atoms with Gasteiger partial charge in [-0.25, -0.2) is 0 Å². The van der Waals surface area contributed by atoms with Crippen molar-refractivity contribution < 1.29 is 4.74 Å². The number of H-pyrrole nitrogens is 1. The van der Waals surface area contributed by atoms with Gasteiger partial charge in [0.1, 0.15) is 12.4 Å². The van der Waals surface area contributed by atoms with Crippen LogP contribution in [0.2, 0.25) is 5.02 Å². The second-order valence-electron chi connectivity index (χ2n) is 7.62. The fourth-order valence-electron chi connectivity index (χ4n) is 4.51. The summed E-state index contributed by atoms with van der Waals surface area (Å²) >= 11 is 7.01. The number of piperazine rings is 1. The average Bonchev–Trinajstić information content (AvgIpc) is 3.17. The van der Waals surface area contributed by atoms with Crippen LogP contribution >= 0.6 is 11.6 Å². The highest BCUT2D eigenvalue weighted by Gasteiger charge is 2.35. The van der Waals surface area contributed by atoms with Crippen molar-refractivity contribution >= 4 is 40.7 Å². The standard InChI is InChI=1S/C22H23ClN6O/c1-12-4-5-16-15(10-27-28-16)18(12)14-8-17(24-2)19-21(20(14)23)30-11-13-9-26-6-7-29(13)22(19)25-3/h4-5,8,10,13,26H,2,6-7,9,11H2,1,3H3,(H,27,28)/t13-/m1/s1. The van der Waals surface area contributed by atoms with E-state index in [4.69, 9.17) is 16.3 Å². The number of hydrogen-bond acceptors (Lipinski definition) is 5. The predicted octanol–water partition coefficient (Wildman–Crippen LogP) is 3.57. The van der Waals surface area contributed by atoms with Crippen molar-refractivity contribution in [3.63, 3.8) is 0 Å². The van der Waals surface area contributed by atoms with Crippen molar-refractivity contribution in [1.29, 1.82) is 0 Å². The average molecular weight is 423 g/mol. The maximum Gasteiger partial charge on any atom is 0.151 e. The van der Waals surface area contributed by atoms with Gasteiger partial charge in [-0.15, -0.1) is 0 Å². The fourth-order valence-corrected chi connectivity index (χ4v) is 4.81. The summed E-state index contributed by atoms with van der Waals surface area (Å²) in [5.74, 6) is 1.47. The van der Waals surface area contributed by atoms with Gasteiger partial charge in [0.2, 0.25) is 0 Å². The molecule has 0 aliphatic carbocycles. The molecule has 154 valence electrons. The number of nitrogens with one attached hydrogen (secondary N) is 2. The van der Waals surface area contributed by atoms with E-state index in [0.717, 1.165) is 58.6 Å². The van der Waals surface area contributed by atoms with Crippen LogP contribution in [-0.4, -0.2) is 67.0 Å². The molecule has 0 saturated carbocycles. The summed E-state index contributed by atoms with van der Waals surface area (Å²) in [6.45, 7) is 9.00. The number of aromatic amines is 1. The molecule has 1 atom stereocenters. The fraction of sp³-hybridized carbons (Fsp3) is 0.318. The molecule has 0 amide bonds. The van der Waals surface area contributed by atoms with Crippen LogP contribution in [0.15, 0.2) is 34.4 Å². The summed E-state index contributed by atoms with van der Waals surface area (Å²) < 4.78 is 6.31. The Bertz CT molecular complexity index is 1180. The highest BCUT2D eigenvalue weighted by molar-refractivity contribution is 6.36. The van der Waals surface area contributed by atoms with Crippen LogP contribution in [0, 0.1) is 6.92 Å². The lowest BCUT2D eigenvalue weighted by Gasteiger charge is -2.36. The maximum atomic E-state index is 7.01. The molecule has 2 N–H and O–H groups in total. The Balaban J connectivity index is 1.79. The van der Waals surface area contributed by atoms with Crippen molar-refractivity contribution in [2.75, 3.05) is 33.3 Å². The number of halogens is 1. The molecule has 8 heteroatoms. The molecule has 0 bridgehead atoms. The summed E-state index contributed by atoms with van der Waals surface area (Å²) in [4.78, 5) is 11.3. The van der Waals surface area contributed by atoms with E-state index in [9.17, 15) is 0 Å². The van der Waals surface area contributed by atoms with E-state index in [2.05, 4.69) is 50.1 Å². The quantitative estimate of drug-likeness (QED) is 0.619. The zero-order valence-corrected chi connectivity index (χ0v) is 17.8. The van der Waals surface area contributed by atoms with Gasteiger partial charge in [0, 0.05) is 37.6 Å². The Morgan fingerprint density at radius 2 is 2.20 bits per heavy atom. The Morgan fingerprint density at radius 3 is 3.00 bits per heavy atom. The lowest BCUT2D eigenvalue weighted by atomic mass is 9.94. The van der Waals surface area contributed by atoms with Crippen LogP contribution in [0.3, 0.4) is 0 Å². The van der Waals surface area contributed by atoms with Crippen LogP contribution in [0.25, 0.3) is 22.0 Å². The van der Waals surface area contributed by atoms with E-state index in [1.807, 2.05) is 18.3 Å². The number of ether oxygens (including phenoxy) is 1. The van der Waals surface area contributed by atoms with Crippen molar-refractivity contribution in [3.05, 3.63) is 40.5 Å². The third kappa shape index (κ3) is 2.80. The summed E-state index contributed by atoms with van der Waals surface area (Å²) in [6.07, 6.45) is 1.83. The lowest BCUT2D eigenvalue weighted by molar-refractivity contribution is 0.180. The number of aliphatic imine (C=N–C) groups is 2. The van der Waals surface area contributed by atoms with Crippen LogP contribution in [0.1, 0.15) is 11.1 Å². The Hall–Kier alpha value is -2.90. The van der Waals surface area contributed by atoms with Gasteiger partial charge < -0.3 is 15.0 Å². The molecule has 2 aliphatic rings. The van der Waals surface area contributed by atoms with Crippen molar-refractivity contribution in [2.45, 2.75) is 13.0 Å². The Kier molecular flexibility index (Phi) is 4.72. The van der Waals surface area contributed by atoms with Crippen molar-refractivity contribution in [2.24, 2.45) is 9.98 Å². The summed E-state index contributed by atoms with van der Waals surface area (Å²) in [5, 5.41) is 12.2. The first kappa shape index (κ1) is 19.1. The van der Waals surface area contributed by atoms with Gasteiger partial charge in [-0.05, 0) is 36.9 Å². The second-order valence-corrected chi connectivity index (χ2v) is 8.00. The molecular weight excluding hydrogens is 400 g/mol. The minimum Gasteiger partial charge on any atom is -0.489 e. The number of aryl methyl sites for hydroxylation is 1. The minimum absolute atomic E-state index is 0.182. The molecule has 3 heterocycles. The molecule has 7 nitrogen and oxygen atoms in total. The number of hydrogen-bond donors (Lipinski definition) is 2. The molecule has 1 aromatic heterocycles. The van der Waals surface area contributed by atoms with Crippen molar-refractivity contribution in [1.82, 2.24) is 20.4 Å². The summed E-state index contributed by atoms with van der Waals surface area (Å²) in [7, 11) is 1.80. The SMILES string of the molecule is C=Nc1cc(-c2c(C)ccc3[nH]ncc23)c(Cl)c2c1C(=NC)N1CCNC[C@@H]1CO2. The van der Waals surface area contributed by atoms with Gasteiger partial charge in [-0.3, -0.25) is 15.1 Å². The third-order valence-corrected chi connectivity index (χ3v) is 6.33. The molecule has 1 fully saturated rings. The molecule has 3 aromatic rings. The van der Waals surface area contributed by atoms with E-state index in [1.165, 1.54) is 0 Å². The predicted molar refractivity (Wildman–Crippen MR) is 122 cm³/mol. The number of fused-ring (bicyclic) bond motifs is 3. The van der Waals surface area contributed by atoms with E-state index >= 15 is 0 Å². The zero-order valence-electron chi connectivity index (χ0n) is 17.0. The topological polar surface area (TPSA) is 77.9 Å². The van der Waals surface area contributed by atoms with Crippen LogP contribution in [0.5, 0.6) is 5.75 Å². The zero-order chi connectivity index (χ0) is 20.8. The highest BCUT2D eigenvalue weighted by atomic mass is 35.5. The monoisotopic (exact) mass is 422 g/mol. The first-order chi connectivity index (χ1) is 14.6. The van der Waals surface area contributed by atoms with E-state index < -0.39 is 0 Å². The number of aromatic nitrogens is 2.